The summed E-state index contributed by atoms with van der Waals surface area (Å²) in [5.74, 6) is 0. The van der Waals surface area contributed by atoms with Crippen molar-refractivity contribution in [2.45, 2.75) is 19.0 Å². The summed E-state index contributed by atoms with van der Waals surface area (Å²) in [4.78, 5) is 9.69. The van der Waals surface area contributed by atoms with Gasteiger partial charge in [0.25, 0.3) is 0 Å². The lowest BCUT2D eigenvalue weighted by Crippen LogP contribution is -2.23. The topological polar surface area (TPSA) is 63.4 Å². The maximum atomic E-state index is 10.5. The van der Waals surface area contributed by atoms with Crippen LogP contribution in [0.4, 0.5) is 0 Å². The van der Waals surface area contributed by atoms with Crippen molar-refractivity contribution in [3.63, 3.8) is 0 Å². The second-order valence-corrected chi connectivity index (χ2v) is 2.71. The van der Waals surface area contributed by atoms with E-state index >= 15 is 0 Å². The molecule has 1 rings (SSSR count). The van der Waals surface area contributed by atoms with Crippen LogP contribution in [-0.2, 0) is 0 Å². The Labute approximate surface area is 77.4 Å². The van der Waals surface area contributed by atoms with Crippen LogP contribution in [-0.4, -0.2) is 16.0 Å². The highest BCUT2D eigenvalue weighted by Crippen LogP contribution is 2.17. The Bertz CT molecular complexity index is 326. The van der Waals surface area contributed by atoms with E-state index in [4.69, 9.17) is 1.37 Å². The molecule has 0 aliphatic carbocycles. The lowest BCUT2D eigenvalue weighted by atomic mass is 10.0. The molecular weight excluding hydrogens is 170 g/mol. The number of hydrogen-bond acceptors (Lipinski definition) is 3. The molecule has 0 saturated heterocycles. The van der Waals surface area contributed by atoms with Crippen LogP contribution in [0.25, 0.3) is 0 Å². The highest BCUT2D eigenvalue weighted by Gasteiger charge is 2.25. The zero-order valence-corrected chi connectivity index (χ0v) is 7.18. The van der Waals surface area contributed by atoms with E-state index in [-0.39, 0.29) is 0 Å². The Hall–Kier alpha value is -1.42. The molecule has 2 unspecified atom stereocenters. The molecule has 13 heavy (non-hydrogen) atoms. The maximum Gasteiger partial charge on any atom is 0.239 e. The normalized spacial score (nSPS) is 18.5. The molecule has 2 atom stereocenters. The van der Waals surface area contributed by atoms with Gasteiger partial charge in [0.15, 0.2) is 0 Å². The zero-order chi connectivity index (χ0) is 10.8. The minimum absolute atomic E-state index is 0.377. The molecule has 0 amide bonds. The third kappa shape index (κ3) is 2.26. The first-order valence-corrected chi connectivity index (χ1v) is 3.83. The van der Waals surface area contributed by atoms with Crippen LogP contribution in [0.1, 0.15) is 20.0 Å². The van der Waals surface area contributed by atoms with Crippen LogP contribution in [0.15, 0.2) is 30.3 Å². The Morgan fingerprint density at radius 3 is 2.54 bits per heavy atom. The van der Waals surface area contributed by atoms with Gasteiger partial charge in [-0.05, 0) is 5.56 Å². The number of benzene rings is 1. The van der Waals surface area contributed by atoms with Gasteiger partial charge in [0.2, 0.25) is 6.02 Å². The largest absolute Gasteiger partial charge is 0.381 e. The number of hydrogen-bond donors (Lipinski definition) is 1. The van der Waals surface area contributed by atoms with E-state index in [1.807, 2.05) is 0 Å². The lowest BCUT2D eigenvalue weighted by Gasteiger charge is -2.11. The number of aliphatic hydroxyl groups excluding tert-OH is 1. The second-order valence-electron chi connectivity index (χ2n) is 2.71. The van der Waals surface area contributed by atoms with Gasteiger partial charge in [-0.15, -0.1) is 0 Å². The molecule has 1 aromatic rings. The van der Waals surface area contributed by atoms with Crippen LogP contribution >= 0.6 is 0 Å². The van der Waals surface area contributed by atoms with E-state index < -0.39 is 17.0 Å². The van der Waals surface area contributed by atoms with Crippen LogP contribution in [0.2, 0.25) is 0 Å². The molecule has 70 valence electrons. The third-order valence-corrected chi connectivity index (χ3v) is 1.80. The Morgan fingerprint density at radius 2 is 2.08 bits per heavy atom. The third-order valence-electron chi connectivity index (χ3n) is 1.80. The van der Waals surface area contributed by atoms with Crippen molar-refractivity contribution >= 4 is 0 Å². The van der Waals surface area contributed by atoms with E-state index in [1.165, 1.54) is 0 Å². The number of rotatable bonds is 3. The average molecular weight is 182 g/mol. The molecule has 4 heteroatoms. The molecule has 0 aliphatic rings. The molecule has 0 aromatic heterocycles. The summed E-state index contributed by atoms with van der Waals surface area (Å²) in [7, 11) is 0. The van der Waals surface area contributed by atoms with E-state index in [2.05, 4.69) is 0 Å². The van der Waals surface area contributed by atoms with Gasteiger partial charge in [0, 0.05) is 11.8 Å². The molecule has 0 aliphatic heterocycles. The monoisotopic (exact) mass is 182 g/mol. The van der Waals surface area contributed by atoms with Gasteiger partial charge in [-0.25, -0.2) is 0 Å². The van der Waals surface area contributed by atoms with Crippen LogP contribution < -0.4 is 0 Å². The standard InChI is InChI=1S/C9H11NO3/c1-7(10(12)13)9(11)8-5-3-2-4-6-8/h2-7,9,11H,1H3/i7D. The molecule has 0 radical (unpaired) electrons. The molecule has 1 aromatic carbocycles. The first-order valence-electron chi connectivity index (χ1n) is 4.33. The Morgan fingerprint density at radius 1 is 1.54 bits per heavy atom. The van der Waals surface area contributed by atoms with Gasteiger partial charge >= 0.3 is 0 Å². The van der Waals surface area contributed by atoms with Crippen molar-refractivity contribution < 1.29 is 11.4 Å². The summed E-state index contributed by atoms with van der Waals surface area (Å²) in [6.07, 6.45) is -1.42. The first-order chi connectivity index (χ1) is 6.46. The fraction of sp³-hybridized carbons (Fsp3) is 0.333. The van der Waals surface area contributed by atoms with Crippen molar-refractivity contribution in [3.8, 4) is 0 Å². The van der Waals surface area contributed by atoms with Crippen LogP contribution in [0.3, 0.4) is 0 Å². The molecule has 4 nitrogen and oxygen atoms in total. The molecule has 0 spiro atoms. The number of aliphatic hydroxyl groups is 1. The van der Waals surface area contributed by atoms with Gasteiger partial charge in [-0.1, -0.05) is 30.3 Å². The summed E-state index contributed by atoms with van der Waals surface area (Å²) in [6.45, 7) is 1.07. The molecule has 0 saturated carbocycles. The minimum atomic E-state index is -2.11. The summed E-state index contributed by atoms with van der Waals surface area (Å²) < 4.78 is 7.38. The Kier molecular flexibility index (Phi) is 2.52. The lowest BCUT2D eigenvalue weighted by molar-refractivity contribution is -0.531. The quantitative estimate of drug-likeness (QED) is 0.567. The highest BCUT2D eigenvalue weighted by atomic mass is 16.6. The van der Waals surface area contributed by atoms with E-state index in [0.29, 0.717) is 5.56 Å². The van der Waals surface area contributed by atoms with Crippen LogP contribution in [0, 0.1) is 10.1 Å². The second kappa shape index (κ2) is 4.00. The van der Waals surface area contributed by atoms with Crippen molar-refractivity contribution in [2.75, 3.05) is 0 Å². The summed E-state index contributed by atoms with van der Waals surface area (Å²) in [5, 5.41) is 20.1. The van der Waals surface area contributed by atoms with Gasteiger partial charge < -0.3 is 5.11 Å². The van der Waals surface area contributed by atoms with Crippen molar-refractivity contribution in [2.24, 2.45) is 0 Å². The fourth-order valence-corrected chi connectivity index (χ4v) is 0.976. The molecule has 1 N–H and O–H groups in total. The minimum Gasteiger partial charge on any atom is -0.381 e. The predicted octanol–water partition coefficient (Wildman–Crippen LogP) is 1.39. The summed E-state index contributed by atoms with van der Waals surface area (Å²) >= 11 is 0. The average Bonchev–Trinajstić information content (AvgIpc) is 2.17. The van der Waals surface area contributed by atoms with Gasteiger partial charge in [-0.2, -0.15) is 0 Å². The molecule has 0 bridgehead atoms. The fourth-order valence-electron chi connectivity index (χ4n) is 0.976. The first kappa shape index (κ1) is 8.19. The zero-order valence-electron chi connectivity index (χ0n) is 8.18. The molecule has 0 fully saturated rings. The summed E-state index contributed by atoms with van der Waals surface area (Å²) in [6, 6.07) is 6.07. The Balaban J connectivity index is 2.96. The van der Waals surface area contributed by atoms with E-state index in [1.54, 1.807) is 30.3 Å². The van der Waals surface area contributed by atoms with Gasteiger partial charge in [-0.3, -0.25) is 10.1 Å². The maximum absolute atomic E-state index is 10.5. The number of nitro groups is 1. The highest BCUT2D eigenvalue weighted by molar-refractivity contribution is 5.17. The molecule has 0 heterocycles. The van der Waals surface area contributed by atoms with Crippen LogP contribution in [0.5, 0.6) is 0 Å². The predicted molar refractivity (Wildman–Crippen MR) is 47.9 cm³/mol. The van der Waals surface area contributed by atoms with Crippen molar-refractivity contribution in [1.29, 1.82) is 0 Å². The molecular formula is C9H11NO3. The summed E-state index contributed by atoms with van der Waals surface area (Å²) in [5.41, 5.74) is 0.377. The van der Waals surface area contributed by atoms with E-state index in [9.17, 15) is 15.2 Å². The smallest absolute Gasteiger partial charge is 0.239 e. The SMILES string of the molecule is [2H]C(C)(C(O)c1ccccc1)[N+](=O)[O-]. The number of nitrogens with zero attached hydrogens (tertiary/aromatic N) is 1. The van der Waals surface area contributed by atoms with Crippen molar-refractivity contribution in [3.05, 3.63) is 46.0 Å². The van der Waals surface area contributed by atoms with Gasteiger partial charge in [0.05, 0.1) is 0 Å². The van der Waals surface area contributed by atoms with E-state index in [0.717, 1.165) is 6.92 Å². The van der Waals surface area contributed by atoms with Gasteiger partial charge in [0.1, 0.15) is 7.47 Å². The van der Waals surface area contributed by atoms with Crippen molar-refractivity contribution in [1.82, 2.24) is 0 Å².